The van der Waals surface area contributed by atoms with E-state index < -0.39 is 0 Å². The standard InChI is InChI=1S/C16H23N3O/c1-4-17-16(19-12(2)3)18-10-9-14-11-13-7-5-6-8-15(13)20-14/h5-8,11-12H,4,9-10H2,1-3H3,(H2,17,18,19). The second kappa shape index (κ2) is 6.98. The van der Waals surface area contributed by atoms with E-state index in [0.29, 0.717) is 12.6 Å². The molecule has 2 N–H and O–H groups in total. The van der Waals surface area contributed by atoms with Crippen LogP contribution in [-0.2, 0) is 6.42 Å². The lowest BCUT2D eigenvalue weighted by Gasteiger charge is -2.13. The summed E-state index contributed by atoms with van der Waals surface area (Å²) in [5.41, 5.74) is 0.943. The zero-order valence-electron chi connectivity index (χ0n) is 12.4. The van der Waals surface area contributed by atoms with Gasteiger partial charge in [0.05, 0.1) is 0 Å². The molecule has 4 heteroatoms. The van der Waals surface area contributed by atoms with Crippen LogP contribution in [0.4, 0.5) is 0 Å². The molecule has 0 saturated carbocycles. The molecule has 0 spiro atoms. The van der Waals surface area contributed by atoms with Crippen LogP contribution in [0.1, 0.15) is 26.5 Å². The highest BCUT2D eigenvalue weighted by Crippen LogP contribution is 2.18. The molecule has 0 radical (unpaired) electrons. The first kappa shape index (κ1) is 14.4. The Bertz CT molecular complexity index is 539. The fraction of sp³-hybridized carbons (Fsp3) is 0.438. The molecule has 0 atom stereocenters. The Labute approximate surface area is 120 Å². The summed E-state index contributed by atoms with van der Waals surface area (Å²) in [4.78, 5) is 4.55. The van der Waals surface area contributed by atoms with E-state index in [1.807, 2.05) is 18.2 Å². The van der Waals surface area contributed by atoms with Crippen LogP contribution in [0.25, 0.3) is 11.0 Å². The van der Waals surface area contributed by atoms with E-state index in [2.05, 4.69) is 48.5 Å². The van der Waals surface area contributed by atoms with Crippen molar-refractivity contribution in [2.45, 2.75) is 33.2 Å². The molecule has 20 heavy (non-hydrogen) atoms. The molecule has 2 rings (SSSR count). The van der Waals surface area contributed by atoms with Gasteiger partial charge in [-0.2, -0.15) is 0 Å². The topological polar surface area (TPSA) is 49.6 Å². The minimum Gasteiger partial charge on any atom is -0.461 e. The van der Waals surface area contributed by atoms with E-state index in [9.17, 15) is 0 Å². The third-order valence-corrected chi connectivity index (χ3v) is 2.87. The predicted octanol–water partition coefficient (Wildman–Crippen LogP) is 2.94. The highest BCUT2D eigenvalue weighted by atomic mass is 16.3. The molecule has 0 amide bonds. The molecule has 0 aliphatic carbocycles. The summed E-state index contributed by atoms with van der Waals surface area (Å²) >= 11 is 0. The van der Waals surface area contributed by atoms with E-state index in [-0.39, 0.29) is 0 Å². The number of aliphatic imine (C=N–C) groups is 1. The first-order chi connectivity index (χ1) is 9.69. The van der Waals surface area contributed by atoms with Crippen molar-refractivity contribution < 1.29 is 4.42 Å². The number of hydrogen-bond acceptors (Lipinski definition) is 2. The third kappa shape index (κ3) is 4.02. The predicted molar refractivity (Wildman–Crippen MR) is 84.2 cm³/mol. The Morgan fingerprint density at radius 1 is 1.30 bits per heavy atom. The van der Waals surface area contributed by atoms with Crippen molar-refractivity contribution in [1.82, 2.24) is 10.6 Å². The Hall–Kier alpha value is -1.97. The van der Waals surface area contributed by atoms with Crippen molar-refractivity contribution in [2.75, 3.05) is 13.1 Å². The van der Waals surface area contributed by atoms with Gasteiger partial charge in [0.25, 0.3) is 0 Å². The van der Waals surface area contributed by atoms with Crippen molar-refractivity contribution in [3.05, 3.63) is 36.1 Å². The molecule has 1 heterocycles. The molecule has 1 aromatic carbocycles. The average molecular weight is 273 g/mol. The number of furan rings is 1. The number of hydrogen-bond donors (Lipinski definition) is 2. The van der Waals surface area contributed by atoms with Crippen LogP contribution in [0.2, 0.25) is 0 Å². The molecular formula is C16H23N3O. The minimum atomic E-state index is 0.374. The maximum Gasteiger partial charge on any atom is 0.191 e. The Morgan fingerprint density at radius 2 is 2.10 bits per heavy atom. The van der Waals surface area contributed by atoms with E-state index in [1.165, 1.54) is 0 Å². The van der Waals surface area contributed by atoms with Crippen LogP contribution in [0, 0.1) is 0 Å². The maximum atomic E-state index is 5.78. The quantitative estimate of drug-likeness (QED) is 0.650. The van der Waals surface area contributed by atoms with Crippen molar-refractivity contribution in [3.63, 3.8) is 0 Å². The lowest BCUT2D eigenvalue weighted by Crippen LogP contribution is -2.41. The molecule has 0 bridgehead atoms. The number of rotatable bonds is 5. The van der Waals surface area contributed by atoms with Crippen LogP contribution in [0.3, 0.4) is 0 Å². The minimum absolute atomic E-state index is 0.374. The lowest BCUT2D eigenvalue weighted by molar-refractivity contribution is 0.550. The molecule has 0 aliphatic heterocycles. The summed E-state index contributed by atoms with van der Waals surface area (Å²) in [6.45, 7) is 7.85. The summed E-state index contributed by atoms with van der Waals surface area (Å²) in [5, 5.41) is 7.69. The van der Waals surface area contributed by atoms with Crippen LogP contribution in [0.15, 0.2) is 39.7 Å². The second-order valence-electron chi connectivity index (χ2n) is 5.06. The van der Waals surface area contributed by atoms with Gasteiger partial charge in [-0.15, -0.1) is 0 Å². The number of guanidine groups is 1. The maximum absolute atomic E-state index is 5.78. The SMILES string of the molecule is CCNC(=NCCc1cc2ccccc2o1)NC(C)C. The van der Waals surface area contributed by atoms with Gasteiger partial charge in [-0.05, 0) is 32.9 Å². The molecule has 2 aromatic rings. The van der Waals surface area contributed by atoms with E-state index in [0.717, 1.165) is 35.7 Å². The van der Waals surface area contributed by atoms with Gasteiger partial charge in [0.2, 0.25) is 0 Å². The van der Waals surface area contributed by atoms with Crippen molar-refractivity contribution in [3.8, 4) is 0 Å². The van der Waals surface area contributed by atoms with Gasteiger partial charge in [-0.1, -0.05) is 18.2 Å². The lowest BCUT2D eigenvalue weighted by atomic mass is 10.2. The van der Waals surface area contributed by atoms with Gasteiger partial charge >= 0.3 is 0 Å². The number of nitrogens with zero attached hydrogens (tertiary/aromatic N) is 1. The summed E-state index contributed by atoms with van der Waals surface area (Å²) in [6, 6.07) is 10.5. The number of nitrogens with one attached hydrogen (secondary N) is 2. The fourth-order valence-electron chi connectivity index (χ4n) is 2.03. The van der Waals surface area contributed by atoms with Crippen LogP contribution in [-0.4, -0.2) is 25.1 Å². The van der Waals surface area contributed by atoms with Crippen LogP contribution < -0.4 is 10.6 Å². The molecule has 108 valence electrons. The molecule has 0 aliphatic rings. The van der Waals surface area contributed by atoms with Crippen molar-refractivity contribution >= 4 is 16.9 Å². The summed E-state index contributed by atoms with van der Waals surface area (Å²) in [5.74, 6) is 1.84. The number of fused-ring (bicyclic) bond motifs is 1. The smallest absolute Gasteiger partial charge is 0.191 e. The van der Waals surface area contributed by atoms with E-state index in [4.69, 9.17) is 4.42 Å². The third-order valence-electron chi connectivity index (χ3n) is 2.87. The normalized spacial score (nSPS) is 12.1. The first-order valence-corrected chi connectivity index (χ1v) is 7.21. The van der Waals surface area contributed by atoms with Gasteiger partial charge in [0, 0.05) is 30.9 Å². The molecular weight excluding hydrogens is 250 g/mol. The van der Waals surface area contributed by atoms with Gasteiger partial charge in [-0.25, -0.2) is 0 Å². The Kier molecular flexibility index (Phi) is 5.04. The average Bonchev–Trinajstić information content (AvgIpc) is 2.80. The number of para-hydroxylation sites is 1. The Morgan fingerprint density at radius 3 is 2.80 bits per heavy atom. The first-order valence-electron chi connectivity index (χ1n) is 7.21. The largest absolute Gasteiger partial charge is 0.461 e. The highest BCUT2D eigenvalue weighted by Gasteiger charge is 2.03. The fourth-order valence-corrected chi connectivity index (χ4v) is 2.03. The summed E-state index contributed by atoms with van der Waals surface area (Å²) < 4.78 is 5.78. The van der Waals surface area contributed by atoms with Gasteiger partial charge in [0.1, 0.15) is 11.3 Å². The van der Waals surface area contributed by atoms with Gasteiger partial charge in [0.15, 0.2) is 5.96 Å². The zero-order valence-corrected chi connectivity index (χ0v) is 12.4. The van der Waals surface area contributed by atoms with Gasteiger partial charge < -0.3 is 15.1 Å². The molecule has 4 nitrogen and oxygen atoms in total. The van der Waals surface area contributed by atoms with Crippen molar-refractivity contribution in [1.29, 1.82) is 0 Å². The summed E-state index contributed by atoms with van der Waals surface area (Å²) in [7, 11) is 0. The second-order valence-corrected chi connectivity index (χ2v) is 5.06. The van der Waals surface area contributed by atoms with Gasteiger partial charge in [-0.3, -0.25) is 4.99 Å². The monoisotopic (exact) mass is 273 g/mol. The summed E-state index contributed by atoms with van der Waals surface area (Å²) in [6.07, 6.45) is 0.809. The van der Waals surface area contributed by atoms with Crippen LogP contribution in [0.5, 0.6) is 0 Å². The van der Waals surface area contributed by atoms with E-state index in [1.54, 1.807) is 0 Å². The van der Waals surface area contributed by atoms with Crippen LogP contribution >= 0.6 is 0 Å². The zero-order chi connectivity index (χ0) is 14.4. The Balaban J connectivity index is 1.96. The molecule has 1 aromatic heterocycles. The highest BCUT2D eigenvalue weighted by molar-refractivity contribution is 5.80. The molecule has 0 saturated heterocycles. The van der Waals surface area contributed by atoms with E-state index >= 15 is 0 Å². The molecule has 0 fully saturated rings. The molecule has 0 unspecified atom stereocenters. The van der Waals surface area contributed by atoms with Crippen molar-refractivity contribution in [2.24, 2.45) is 4.99 Å². The number of benzene rings is 1.